The van der Waals surface area contributed by atoms with Crippen molar-refractivity contribution in [2.24, 2.45) is 5.41 Å². The molecule has 1 N–H and O–H groups in total. The van der Waals surface area contributed by atoms with E-state index in [0.29, 0.717) is 5.41 Å². The van der Waals surface area contributed by atoms with Gasteiger partial charge in [0.15, 0.2) is 0 Å². The molecule has 0 aromatic carbocycles. The Morgan fingerprint density at radius 2 is 1.88 bits per heavy atom. The minimum atomic E-state index is 0.579. The van der Waals surface area contributed by atoms with E-state index in [9.17, 15) is 0 Å². The number of nitrogens with zero attached hydrogens (tertiary/aromatic N) is 1. The molecule has 0 radical (unpaired) electrons. The molecule has 2 heteroatoms. The van der Waals surface area contributed by atoms with Crippen LogP contribution in [0.15, 0.2) is 0 Å². The molecule has 16 heavy (non-hydrogen) atoms. The smallest absolute Gasteiger partial charge is 0.00471 e. The Labute approximate surface area is 102 Å². The second-order valence-corrected chi connectivity index (χ2v) is 5.68. The van der Waals surface area contributed by atoms with Crippen molar-refractivity contribution in [1.82, 2.24) is 10.2 Å². The first kappa shape index (κ1) is 14.0. The minimum absolute atomic E-state index is 0.579. The van der Waals surface area contributed by atoms with Gasteiger partial charge >= 0.3 is 0 Å². The van der Waals surface area contributed by atoms with Crippen LogP contribution < -0.4 is 5.32 Å². The van der Waals surface area contributed by atoms with Gasteiger partial charge in [0.25, 0.3) is 0 Å². The van der Waals surface area contributed by atoms with Gasteiger partial charge in [-0.05, 0) is 45.3 Å². The molecular weight excluding hydrogens is 196 g/mol. The van der Waals surface area contributed by atoms with Gasteiger partial charge in [-0.25, -0.2) is 0 Å². The molecule has 0 atom stereocenters. The lowest BCUT2D eigenvalue weighted by Gasteiger charge is -2.33. The normalized spacial score (nSPS) is 19.5. The highest BCUT2D eigenvalue weighted by molar-refractivity contribution is 4.88. The van der Waals surface area contributed by atoms with Crippen molar-refractivity contribution in [3.8, 4) is 0 Å². The molecule has 0 heterocycles. The molecule has 0 aromatic heterocycles. The summed E-state index contributed by atoms with van der Waals surface area (Å²) in [6.07, 6.45) is 9.79. The SMILES string of the molecule is CCCCCN(C)CC1(CNC)CCCC1. The molecule has 2 nitrogen and oxygen atoms in total. The lowest BCUT2D eigenvalue weighted by Crippen LogP contribution is -2.40. The van der Waals surface area contributed by atoms with Crippen LogP contribution in [0.1, 0.15) is 51.9 Å². The van der Waals surface area contributed by atoms with Crippen molar-refractivity contribution >= 4 is 0 Å². The Kier molecular flexibility index (Phi) is 6.37. The minimum Gasteiger partial charge on any atom is -0.319 e. The number of hydrogen-bond acceptors (Lipinski definition) is 2. The lowest BCUT2D eigenvalue weighted by molar-refractivity contribution is 0.173. The Morgan fingerprint density at radius 1 is 1.19 bits per heavy atom. The molecule has 0 aliphatic heterocycles. The molecule has 0 amide bonds. The van der Waals surface area contributed by atoms with Crippen molar-refractivity contribution < 1.29 is 0 Å². The van der Waals surface area contributed by atoms with E-state index in [1.165, 1.54) is 64.6 Å². The summed E-state index contributed by atoms with van der Waals surface area (Å²) < 4.78 is 0. The molecule has 1 aliphatic rings. The number of unbranched alkanes of at least 4 members (excludes halogenated alkanes) is 2. The van der Waals surface area contributed by atoms with Gasteiger partial charge in [-0.1, -0.05) is 32.6 Å². The van der Waals surface area contributed by atoms with Crippen molar-refractivity contribution in [1.29, 1.82) is 0 Å². The molecule has 0 unspecified atom stereocenters. The molecular formula is C14H30N2. The zero-order valence-corrected chi connectivity index (χ0v) is 11.5. The van der Waals surface area contributed by atoms with Crippen LogP contribution in [0.3, 0.4) is 0 Å². The molecule has 0 saturated heterocycles. The largest absolute Gasteiger partial charge is 0.319 e. The third-order valence-corrected chi connectivity index (χ3v) is 3.96. The summed E-state index contributed by atoms with van der Waals surface area (Å²) in [4.78, 5) is 2.55. The second-order valence-electron chi connectivity index (χ2n) is 5.68. The Balaban J connectivity index is 2.30. The molecule has 1 fully saturated rings. The van der Waals surface area contributed by atoms with E-state index in [2.05, 4.69) is 31.2 Å². The number of nitrogens with one attached hydrogen (secondary N) is 1. The van der Waals surface area contributed by atoms with E-state index in [1.54, 1.807) is 0 Å². The maximum atomic E-state index is 3.40. The van der Waals surface area contributed by atoms with Crippen molar-refractivity contribution in [2.45, 2.75) is 51.9 Å². The average Bonchev–Trinajstić information content (AvgIpc) is 2.67. The van der Waals surface area contributed by atoms with Crippen LogP contribution in [0, 0.1) is 5.41 Å². The Bertz CT molecular complexity index is 174. The number of rotatable bonds is 8. The van der Waals surface area contributed by atoms with Gasteiger partial charge in [0.1, 0.15) is 0 Å². The average molecular weight is 226 g/mol. The maximum Gasteiger partial charge on any atom is 0.00471 e. The lowest BCUT2D eigenvalue weighted by atomic mass is 9.85. The third kappa shape index (κ3) is 4.42. The van der Waals surface area contributed by atoms with Gasteiger partial charge in [0, 0.05) is 13.1 Å². The summed E-state index contributed by atoms with van der Waals surface area (Å²) in [6.45, 7) is 6.04. The van der Waals surface area contributed by atoms with E-state index in [0.717, 1.165) is 0 Å². The van der Waals surface area contributed by atoms with Crippen LogP contribution in [-0.4, -0.2) is 38.6 Å². The predicted octanol–water partition coefficient (Wildman–Crippen LogP) is 2.89. The first-order valence-electron chi connectivity index (χ1n) is 7.05. The van der Waals surface area contributed by atoms with E-state index < -0.39 is 0 Å². The van der Waals surface area contributed by atoms with Gasteiger partial charge < -0.3 is 10.2 Å². The highest BCUT2D eigenvalue weighted by atomic mass is 15.1. The number of hydrogen-bond donors (Lipinski definition) is 1. The summed E-state index contributed by atoms with van der Waals surface area (Å²) >= 11 is 0. The second kappa shape index (κ2) is 7.29. The Morgan fingerprint density at radius 3 is 2.44 bits per heavy atom. The summed E-state index contributed by atoms with van der Waals surface area (Å²) in [6, 6.07) is 0. The van der Waals surface area contributed by atoms with Crippen molar-refractivity contribution in [2.75, 3.05) is 33.7 Å². The van der Waals surface area contributed by atoms with E-state index in [1.807, 2.05) is 0 Å². The predicted molar refractivity (Wildman–Crippen MR) is 71.8 cm³/mol. The summed E-state index contributed by atoms with van der Waals surface area (Å²) in [7, 11) is 4.39. The molecule has 1 rings (SSSR count). The summed E-state index contributed by atoms with van der Waals surface area (Å²) in [5.41, 5.74) is 0.579. The topological polar surface area (TPSA) is 15.3 Å². The third-order valence-electron chi connectivity index (χ3n) is 3.96. The maximum absolute atomic E-state index is 3.40. The molecule has 96 valence electrons. The fraction of sp³-hybridized carbons (Fsp3) is 1.00. The van der Waals surface area contributed by atoms with Gasteiger partial charge in [-0.3, -0.25) is 0 Å². The van der Waals surface area contributed by atoms with E-state index in [-0.39, 0.29) is 0 Å². The van der Waals surface area contributed by atoms with E-state index in [4.69, 9.17) is 0 Å². The van der Waals surface area contributed by atoms with Crippen LogP contribution in [-0.2, 0) is 0 Å². The molecule has 0 bridgehead atoms. The van der Waals surface area contributed by atoms with Gasteiger partial charge in [-0.15, -0.1) is 0 Å². The van der Waals surface area contributed by atoms with Gasteiger partial charge in [-0.2, -0.15) is 0 Å². The van der Waals surface area contributed by atoms with Gasteiger partial charge in [0.2, 0.25) is 0 Å². The zero-order chi connectivity index (χ0) is 11.9. The molecule has 1 aliphatic carbocycles. The Hall–Kier alpha value is -0.0800. The van der Waals surface area contributed by atoms with Crippen LogP contribution in [0.2, 0.25) is 0 Å². The van der Waals surface area contributed by atoms with Crippen LogP contribution in [0.25, 0.3) is 0 Å². The highest BCUT2D eigenvalue weighted by Gasteiger charge is 2.33. The monoisotopic (exact) mass is 226 g/mol. The standard InChI is InChI=1S/C14H30N2/c1-4-5-8-11-16(3)13-14(12-15-2)9-6-7-10-14/h15H,4-13H2,1-3H3. The summed E-state index contributed by atoms with van der Waals surface area (Å²) in [5.74, 6) is 0. The van der Waals surface area contributed by atoms with Crippen molar-refractivity contribution in [3.63, 3.8) is 0 Å². The quantitative estimate of drug-likeness (QED) is 0.640. The summed E-state index contributed by atoms with van der Waals surface area (Å²) in [5, 5.41) is 3.40. The van der Waals surface area contributed by atoms with Crippen LogP contribution in [0.4, 0.5) is 0 Å². The van der Waals surface area contributed by atoms with Gasteiger partial charge in [0.05, 0.1) is 0 Å². The first-order valence-corrected chi connectivity index (χ1v) is 7.05. The van der Waals surface area contributed by atoms with Crippen LogP contribution >= 0.6 is 0 Å². The fourth-order valence-electron chi connectivity index (χ4n) is 3.17. The molecule has 0 spiro atoms. The zero-order valence-electron chi connectivity index (χ0n) is 11.5. The first-order chi connectivity index (χ1) is 7.72. The molecule has 0 aromatic rings. The molecule has 1 saturated carbocycles. The fourth-order valence-corrected chi connectivity index (χ4v) is 3.17. The van der Waals surface area contributed by atoms with Crippen molar-refractivity contribution in [3.05, 3.63) is 0 Å². The van der Waals surface area contributed by atoms with Crippen LogP contribution in [0.5, 0.6) is 0 Å². The van der Waals surface area contributed by atoms with E-state index >= 15 is 0 Å². The highest BCUT2D eigenvalue weighted by Crippen LogP contribution is 2.38.